The molecule has 1 saturated carbocycles. The molecule has 18 heavy (non-hydrogen) atoms. The predicted octanol–water partition coefficient (Wildman–Crippen LogP) is 2.99. The molecule has 96 valence electrons. The second kappa shape index (κ2) is 5.80. The molecule has 0 amide bonds. The summed E-state index contributed by atoms with van der Waals surface area (Å²) in [4.78, 5) is 23.2. The van der Waals surface area contributed by atoms with Gasteiger partial charge in [-0.1, -0.05) is 18.2 Å². The highest BCUT2D eigenvalue weighted by atomic mass is 16.5. The smallest absolute Gasteiger partial charge is 0.314 e. The molecular formula is C15H18O3. The Morgan fingerprint density at radius 3 is 2.11 bits per heavy atom. The van der Waals surface area contributed by atoms with Crippen LogP contribution in [0.4, 0.5) is 0 Å². The van der Waals surface area contributed by atoms with Gasteiger partial charge in [0.05, 0.1) is 5.92 Å². The summed E-state index contributed by atoms with van der Waals surface area (Å²) in [5, 5.41) is 0. The molecule has 0 unspecified atom stereocenters. The van der Waals surface area contributed by atoms with Crippen LogP contribution in [-0.4, -0.2) is 11.8 Å². The summed E-state index contributed by atoms with van der Waals surface area (Å²) in [5.74, 6) is 0.760. The zero-order valence-electron chi connectivity index (χ0n) is 10.6. The van der Waals surface area contributed by atoms with Crippen LogP contribution in [-0.2, 0) is 9.59 Å². The molecule has 0 spiro atoms. The lowest BCUT2D eigenvalue weighted by molar-refractivity contribution is -0.141. The van der Waals surface area contributed by atoms with Crippen molar-refractivity contribution in [3.8, 4) is 5.75 Å². The molecule has 0 N–H and O–H groups in total. The molecule has 1 aliphatic rings. The lowest BCUT2D eigenvalue weighted by Crippen LogP contribution is -2.27. The van der Waals surface area contributed by atoms with Crippen LogP contribution in [0.15, 0.2) is 30.3 Å². The fraction of sp³-hybridized carbons (Fsp3) is 0.467. The Morgan fingerprint density at radius 2 is 1.56 bits per heavy atom. The van der Waals surface area contributed by atoms with Crippen molar-refractivity contribution in [2.45, 2.75) is 32.6 Å². The van der Waals surface area contributed by atoms with Gasteiger partial charge in [0, 0.05) is 5.92 Å². The summed E-state index contributed by atoms with van der Waals surface area (Å²) >= 11 is 0. The molecule has 1 fully saturated rings. The molecule has 2 rings (SSSR count). The monoisotopic (exact) mass is 246 g/mol. The number of para-hydroxylation sites is 1. The van der Waals surface area contributed by atoms with Gasteiger partial charge in [0.1, 0.15) is 11.5 Å². The van der Waals surface area contributed by atoms with E-state index >= 15 is 0 Å². The third-order valence-corrected chi connectivity index (χ3v) is 3.60. The average molecular weight is 246 g/mol. The zero-order chi connectivity index (χ0) is 13.0. The molecule has 0 aromatic heterocycles. The van der Waals surface area contributed by atoms with Crippen LogP contribution in [0.2, 0.25) is 0 Å². The van der Waals surface area contributed by atoms with Crippen molar-refractivity contribution in [2.75, 3.05) is 0 Å². The Morgan fingerprint density at radius 1 is 1.00 bits per heavy atom. The normalized spacial score (nSPS) is 23.4. The maximum absolute atomic E-state index is 11.9. The first-order valence-electron chi connectivity index (χ1n) is 6.44. The van der Waals surface area contributed by atoms with Crippen molar-refractivity contribution in [3.05, 3.63) is 30.3 Å². The van der Waals surface area contributed by atoms with Crippen molar-refractivity contribution in [2.24, 2.45) is 11.8 Å². The molecule has 0 saturated heterocycles. The average Bonchev–Trinajstić information content (AvgIpc) is 2.40. The molecule has 0 atom stereocenters. The second-order valence-electron chi connectivity index (χ2n) is 4.89. The maximum atomic E-state index is 11.9. The van der Waals surface area contributed by atoms with Crippen molar-refractivity contribution in [1.29, 1.82) is 0 Å². The highest BCUT2D eigenvalue weighted by Crippen LogP contribution is 2.30. The number of ketones is 1. The number of hydrogen-bond acceptors (Lipinski definition) is 3. The molecule has 0 radical (unpaired) electrons. The minimum absolute atomic E-state index is 0.0548. The van der Waals surface area contributed by atoms with Crippen LogP contribution >= 0.6 is 0 Å². The first-order valence-corrected chi connectivity index (χ1v) is 6.44. The van der Waals surface area contributed by atoms with Crippen molar-refractivity contribution in [1.82, 2.24) is 0 Å². The Labute approximate surface area is 107 Å². The number of esters is 1. The van der Waals surface area contributed by atoms with Crippen LogP contribution in [0.5, 0.6) is 5.75 Å². The van der Waals surface area contributed by atoms with Gasteiger partial charge >= 0.3 is 5.97 Å². The number of Topliss-reactive ketones (excluding diaryl/α,β-unsaturated/α-hetero) is 1. The molecule has 0 aliphatic heterocycles. The molecule has 1 aromatic rings. The largest absolute Gasteiger partial charge is 0.426 e. The van der Waals surface area contributed by atoms with E-state index in [0.717, 1.165) is 25.7 Å². The fourth-order valence-electron chi connectivity index (χ4n) is 2.42. The number of benzene rings is 1. The van der Waals surface area contributed by atoms with Gasteiger partial charge in [-0.25, -0.2) is 0 Å². The number of carbonyl (C=O) groups excluding carboxylic acids is 2. The van der Waals surface area contributed by atoms with Crippen molar-refractivity contribution >= 4 is 11.8 Å². The van der Waals surface area contributed by atoms with E-state index < -0.39 is 0 Å². The van der Waals surface area contributed by atoms with E-state index in [4.69, 9.17) is 4.74 Å². The van der Waals surface area contributed by atoms with Crippen LogP contribution in [0.1, 0.15) is 32.6 Å². The Balaban J connectivity index is 1.86. The third-order valence-electron chi connectivity index (χ3n) is 3.60. The number of ether oxygens (including phenoxy) is 1. The van der Waals surface area contributed by atoms with E-state index in [0.29, 0.717) is 5.75 Å². The van der Waals surface area contributed by atoms with Crippen LogP contribution in [0.3, 0.4) is 0 Å². The van der Waals surface area contributed by atoms with Gasteiger partial charge in [-0.3, -0.25) is 9.59 Å². The van der Waals surface area contributed by atoms with E-state index in [1.54, 1.807) is 19.1 Å². The number of rotatable bonds is 3. The van der Waals surface area contributed by atoms with Gasteiger partial charge in [0.2, 0.25) is 0 Å². The Hall–Kier alpha value is -1.64. The minimum Gasteiger partial charge on any atom is -0.426 e. The lowest BCUT2D eigenvalue weighted by atomic mass is 9.80. The predicted molar refractivity (Wildman–Crippen MR) is 68.2 cm³/mol. The van der Waals surface area contributed by atoms with E-state index in [1.165, 1.54) is 0 Å². The van der Waals surface area contributed by atoms with Crippen molar-refractivity contribution < 1.29 is 14.3 Å². The molecule has 3 nitrogen and oxygen atoms in total. The van der Waals surface area contributed by atoms with Crippen molar-refractivity contribution in [3.63, 3.8) is 0 Å². The highest BCUT2D eigenvalue weighted by Gasteiger charge is 2.29. The molecule has 0 bridgehead atoms. The van der Waals surface area contributed by atoms with Gasteiger partial charge in [0.15, 0.2) is 0 Å². The summed E-state index contributed by atoms with van der Waals surface area (Å²) in [6, 6.07) is 9.12. The number of hydrogen-bond donors (Lipinski definition) is 0. The fourth-order valence-corrected chi connectivity index (χ4v) is 2.42. The Bertz CT molecular complexity index is 417. The molecule has 1 aromatic carbocycles. The second-order valence-corrected chi connectivity index (χ2v) is 4.89. The topological polar surface area (TPSA) is 43.4 Å². The standard InChI is InChI=1S/C15H18O3/c1-11(16)12-7-9-13(10-8-12)15(17)18-14-5-3-2-4-6-14/h2-6,12-13H,7-10H2,1H3. The highest BCUT2D eigenvalue weighted by molar-refractivity contribution is 5.79. The van der Waals surface area contributed by atoms with Gasteiger partial charge in [-0.05, 0) is 44.7 Å². The van der Waals surface area contributed by atoms with Gasteiger partial charge in [-0.15, -0.1) is 0 Å². The summed E-state index contributed by atoms with van der Waals surface area (Å²) in [7, 11) is 0. The molecule has 0 heterocycles. The van der Waals surface area contributed by atoms with Gasteiger partial charge in [0.25, 0.3) is 0 Å². The summed E-state index contributed by atoms with van der Waals surface area (Å²) < 4.78 is 5.33. The van der Waals surface area contributed by atoms with E-state index in [-0.39, 0.29) is 23.6 Å². The van der Waals surface area contributed by atoms with Gasteiger partial charge < -0.3 is 4.74 Å². The van der Waals surface area contributed by atoms with E-state index in [9.17, 15) is 9.59 Å². The number of carbonyl (C=O) groups is 2. The van der Waals surface area contributed by atoms with E-state index in [2.05, 4.69) is 0 Å². The summed E-state index contributed by atoms with van der Waals surface area (Å²) in [6.07, 6.45) is 3.14. The van der Waals surface area contributed by atoms with E-state index in [1.807, 2.05) is 18.2 Å². The van der Waals surface area contributed by atoms with Crippen LogP contribution in [0, 0.1) is 11.8 Å². The molecular weight excluding hydrogens is 228 g/mol. The maximum Gasteiger partial charge on any atom is 0.314 e. The third kappa shape index (κ3) is 3.19. The quantitative estimate of drug-likeness (QED) is 0.608. The summed E-state index contributed by atoms with van der Waals surface area (Å²) in [5.41, 5.74) is 0. The molecule has 3 heteroatoms. The Kier molecular flexibility index (Phi) is 4.13. The first kappa shape index (κ1) is 12.8. The lowest BCUT2D eigenvalue weighted by Gasteiger charge is -2.25. The summed E-state index contributed by atoms with van der Waals surface area (Å²) in [6.45, 7) is 1.63. The SMILES string of the molecule is CC(=O)C1CCC(C(=O)Oc2ccccc2)CC1. The van der Waals surface area contributed by atoms with Crippen LogP contribution < -0.4 is 4.74 Å². The van der Waals surface area contributed by atoms with Crippen LogP contribution in [0.25, 0.3) is 0 Å². The zero-order valence-corrected chi connectivity index (χ0v) is 10.6. The molecule has 1 aliphatic carbocycles. The minimum atomic E-state index is -0.164. The first-order chi connectivity index (χ1) is 8.66. The van der Waals surface area contributed by atoms with Gasteiger partial charge in [-0.2, -0.15) is 0 Å².